The zero-order valence-electron chi connectivity index (χ0n) is 12.3. The van der Waals surface area contributed by atoms with Gasteiger partial charge in [-0.3, -0.25) is 0 Å². The molecule has 0 radical (unpaired) electrons. The van der Waals surface area contributed by atoms with Crippen LogP contribution >= 0.6 is 0 Å². The molecule has 1 atom stereocenters. The van der Waals surface area contributed by atoms with Gasteiger partial charge in [0.1, 0.15) is 17.9 Å². The minimum Gasteiger partial charge on any atom is -0.489 e. The van der Waals surface area contributed by atoms with E-state index in [1.807, 2.05) is 0 Å². The molecule has 2 fully saturated rings. The van der Waals surface area contributed by atoms with Gasteiger partial charge in [0.15, 0.2) is 0 Å². The van der Waals surface area contributed by atoms with Crippen LogP contribution in [0.3, 0.4) is 0 Å². The summed E-state index contributed by atoms with van der Waals surface area (Å²) in [6.07, 6.45) is 8.04. The van der Waals surface area contributed by atoms with Crippen LogP contribution in [0.1, 0.15) is 50.5 Å². The van der Waals surface area contributed by atoms with E-state index in [0.29, 0.717) is 17.0 Å². The smallest absolute Gasteiger partial charge is 0.137 e. The lowest BCUT2D eigenvalue weighted by Gasteiger charge is -2.43. The van der Waals surface area contributed by atoms with Crippen LogP contribution in [0.2, 0.25) is 0 Å². The molecule has 1 aliphatic carbocycles. The molecule has 112 valence electrons. The Morgan fingerprint density at radius 3 is 2.86 bits per heavy atom. The van der Waals surface area contributed by atoms with Crippen molar-refractivity contribution >= 4 is 5.69 Å². The highest BCUT2D eigenvalue weighted by Gasteiger charge is 2.39. The molecule has 1 unspecified atom stereocenters. The first kappa shape index (κ1) is 14.2. The highest BCUT2D eigenvalue weighted by atomic mass is 16.5. The third-order valence-corrected chi connectivity index (χ3v) is 4.63. The number of nitriles is 1. The highest BCUT2D eigenvalue weighted by molar-refractivity contribution is 5.53. The van der Waals surface area contributed by atoms with E-state index in [9.17, 15) is 5.26 Å². The summed E-state index contributed by atoms with van der Waals surface area (Å²) in [5.41, 5.74) is 6.84. The second kappa shape index (κ2) is 5.95. The summed E-state index contributed by atoms with van der Waals surface area (Å²) in [5.74, 6) is 0.643. The fraction of sp³-hybridized carbons (Fsp3) is 0.588. The Kier molecular flexibility index (Phi) is 4.03. The SMILES string of the molecule is N#Cc1cc(N)ccc1OC1CCOC2(CCCCC2)C1. The molecule has 0 amide bonds. The van der Waals surface area contributed by atoms with Crippen LogP contribution in [0.4, 0.5) is 5.69 Å². The molecule has 1 aromatic carbocycles. The van der Waals surface area contributed by atoms with Crippen molar-refractivity contribution in [1.82, 2.24) is 0 Å². The average Bonchev–Trinajstić information content (AvgIpc) is 2.50. The van der Waals surface area contributed by atoms with E-state index >= 15 is 0 Å². The molecule has 4 heteroatoms. The molecule has 1 saturated carbocycles. The zero-order chi connectivity index (χ0) is 14.7. The first-order valence-corrected chi connectivity index (χ1v) is 7.81. The Morgan fingerprint density at radius 1 is 1.29 bits per heavy atom. The molecule has 0 aromatic heterocycles. The molecule has 0 bridgehead atoms. The monoisotopic (exact) mass is 286 g/mol. The Morgan fingerprint density at radius 2 is 2.10 bits per heavy atom. The molecule has 2 aliphatic rings. The molecular weight excluding hydrogens is 264 g/mol. The number of benzene rings is 1. The van der Waals surface area contributed by atoms with Gasteiger partial charge in [0.2, 0.25) is 0 Å². The largest absolute Gasteiger partial charge is 0.489 e. The summed E-state index contributed by atoms with van der Waals surface area (Å²) in [7, 11) is 0. The van der Waals surface area contributed by atoms with Crippen molar-refractivity contribution in [3.63, 3.8) is 0 Å². The highest BCUT2D eigenvalue weighted by Crippen LogP contribution is 2.39. The molecule has 1 aromatic rings. The number of anilines is 1. The predicted octanol–water partition coefficient (Wildman–Crippen LogP) is 3.40. The maximum Gasteiger partial charge on any atom is 0.137 e. The van der Waals surface area contributed by atoms with Gasteiger partial charge in [-0.15, -0.1) is 0 Å². The molecule has 4 nitrogen and oxygen atoms in total. The lowest BCUT2D eigenvalue weighted by Crippen LogP contribution is -2.45. The van der Waals surface area contributed by atoms with Crippen LogP contribution in [0.5, 0.6) is 5.75 Å². The fourth-order valence-corrected chi connectivity index (χ4v) is 3.55. The standard InChI is InChI=1S/C17H22N2O2/c18-12-13-10-14(19)4-5-16(13)21-15-6-9-20-17(11-15)7-2-1-3-8-17/h4-5,10,15H,1-3,6-9,11,19H2. The molecular formula is C17H22N2O2. The summed E-state index contributed by atoms with van der Waals surface area (Å²) in [6.45, 7) is 0.752. The van der Waals surface area contributed by atoms with E-state index in [1.165, 1.54) is 19.3 Å². The van der Waals surface area contributed by atoms with Crippen LogP contribution in [0, 0.1) is 11.3 Å². The third kappa shape index (κ3) is 3.14. The van der Waals surface area contributed by atoms with Gasteiger partial charge in [0, 0.05) is 18.5 Å². The van der Waals surface area contributed by atoms with E-state index in [1.54, 1.807) is 18.2 Å². The van der Waals surface area contributed by atoms with Crippen molar-refractivity contribution in [2.24, 2.45) is 0 Å². The minimum absolute atomic E-state index is 0.0157. The molecule has 1 spiro atoms. The molecule has 1 saturated heterocycles. The van der Waals surface area contributed by atoms with Crippen molar-refractivity contribution in [3.05, 3.63) is 23.8 Å². The average molecular weight is 286 g/mol. The van der Waals surface area contributed by atoms with Crippen molar-refractivity contribution in [2.45, 2.75) is 56.7 Å². The van der Waals surface area contributed by atoms with Crippen molar-refractivity contribution in [3.8, 4) is 11.8 Å². The number of hydrogen-bond donors (Lipinski definition) is 1. The summed E-state index contributed by atoms with van der Waals surface area (Å²) in [5, 5.41) is 9.20. The van der Waals surface area contributed by atoms with E-state index in [-0.39, 0.29) is 11.7 Å². The van der Waals surface area contributed by atoms with Gasteiger partial charge >= 0.3 is 0 Å². The van der Waals surface area contributed by atoms with Crippen LogP contribution in [-0.2, 0) is 4.74 Å². The number of hydrogen-bond acceptors (Lipinski definition) is 4. The van der Waals surface area contributed by atoms with Gasteiger partial charge < -0.3 is 15.2 Å². The lowest BCUT2D eigenvalue weighted by atomic mass is 9.79. The van der Waals surface area contributed by atoms with Crippen LogP contribution in [0.25, 0.3) is 0 Å². The fourth-order valence-electron chi connectivity index (χ4n) is 3.55. The minimum atomic E-state index is 0.0157. The van der Waals surface area contributed by atoms with Crippen LogP contribution in [0.15, 0.2) is 18.2 Å². The van der Waals surface area contributed by atoms with Crippen molar-refractivity contribution in [2.75, 3.05) is 12.3 Å². The Hall–Kier alpha value is -1.73. The second-order valence-corrected chi connectivity index (χ2v) is 6.19. The number of nitrogen functional groups attached to an aromatic ring is 1. The van der Waals surface area contributed by atoms with Crippen molar-refractivity contribution in [1.29, 1.82) is 5.26 Å². The lowest BCUT2D eigenvalue weighted by molar-refractivity contribution is -0.129. The number of nitrogens with two attached hydrogens (primary N) is 1. The number of rotatable bonds is 2. The van der Waals surface area contributed by atoms with Gasteiger partial charge in [-0.2, -0.15) is 5.26 Å². The Bertz CT molecular complexity index is 539. The van der Waals surface area contributed by atoms with Gasteiger partial charge in [-0.25, -0.2) is 0 Å². The zero-order valence-corrected chi connectivity index (χ0v) is 12.3. The van der Waals surface area contributed by atoms with Gasteiger partial charge in [-0.05, 0) is 31.0 Å². The summed E-state index contributed by atoms with van der Waals surface area (Å²) in [6, 6.07) is 7.42. The maximum absolute atomic E-state index is 9.20. The van der Waals surface area contributed by atoms with E-state index < -0.39 is 0 Å². The third-order valence-electron chi connectivity index (χ3n) is 4.63. The summed E-state index contributed by atoms with van der Waals surface area (Å²) in [4.78, 5) is 0. The van der Waals surface area contributed by atoms with Gasteiger partial charge in [-0.1, -0.05) is 19.3 Å². The topological polar surface area (TPSA) is 68.3 Å². The number of ether oxygens (including phenoxy) is 2. The molecule has 1 heterocycles. The first-order valence-electron chi connectivity index (χ1n) is 7.81. The van der Waals surface area contributed by atoms with Crippen molar-refractivity contribution < 1.29 is 9.47 Å². The normalized spacial score (nSPS) is 24.4. The predicted molar refractivity (Wildman–Crippen MR) is 81.0 cm³/mol. The van der Waals surface area contributed by atoms with E-state index in [0.717, 1.165) is 32.3 Å². The Labute approximate surface area is 125 Å². The summed E-state index contributed by atoms with van der Waals surface area (Å²) >= 11 is 0. The first-order chi connectivity index (χ1) is 10.2. The van der Waals surface area contributed by atoms with E-state index in [4.69, 9.17) is 15.2 Å². The van der Waals surface area contributed by atoms with Gasteiger partial charge in [0.25, 0.3) is 0 Å². The quantitative estimate of drug-likeness (QED) is 0.846. The Balaban J connectivity index is 1.71. The molecule has 21 heavy (non-hydrogen) atoms. The molecule has 3 rings (SSSR count). The van der Waals surface area contributed by atoms with Gasteiger partial charge in [0.05, 0.1) is 17.8 Å². The number of nitrogens with zero attached hydrogens (tertiary/aromatic N) is 1. The van der Waals surface area contributed by atoms with Crippen LogP contribution < -0.4 is 10.5 Å². The molecule has 1 aliphatic heterocycles. The summed E-state index contributed by atoms with van der Waals surface area (Å²) < 4.78 is 12.2. The second-order valence-electron chi connectivity index (χ2n) is 6.19. The van der Waals surface area contributed by atoms with E-state index in [2.05, 4.69) is 6.07 Å². The van der Waals surface area contributed by atoms with Crippen LogP contribution in [-0.4, -0.2) is 18.3 Å². The molecule has 2 N–H and O–H groups in total. The maximum atomic E-state index is 9.20.